The van der Waals surface area contributed by atoms with E-state index >= 15 is 0 Å². The van der Waals surface area contributed by atoms with E-state index in [2.05, 4.69) is 5.32 Å². The standard InChI is InChI=1S/C23H25NO4/c1-15-18-9-11-20(27-3)16(2)22(18)28-23(26)19(15)10-12-21(25)24-14-13-17-7-5-4-6-8-17/h4-9,11H,10,12-14H2,1-3H3,(H,24,25). The summed E-state index contributed by atoms with van der Waals surface area (Å²) >= 11 is 0. The molecule has 146 valence electrons. The van der Waals surface area contributed by atoms with E-state index in [0.717, 1.165) is 22.9 Å². The van der Waals surface area contributed by atoms with Crippen molar-refractivity contribution in [2.45, 2.75) is 33.1 Å². The predicted molar refractivity (Wildman–Crippen MR) is 110 cm³/mol. The first-order valence-electron chi connectivity index (χ1n) is 9.41. The van der Waals surface area contributed by atoms with Gasteiger partial charge in [-0.2, -0.15) is 0 Å². The molecule has 2 aromatic carbocycles. The lowest BCUT2D eigenvalue weighted by atomic mass is 10.0. The van der Waals surface area contributed by atoms with Crippen molar-refractivity contribution in [3.8, 4) is 5.75 Å². The lowest BCUT2D eigenvalue weighted by Gasteiger charge is -2.11. The Kier molecular flexibility index (Phi) is 6.14. The summed E-state index contributed by atoms with van der Waals surface area (Å²) in [6, 6.07) is 13.8. The van der Waals surface area contributed by atoms with Crippen molar-refractivity contribution in [2.75, 3.05) is 13.7 Å². The van der Waals surface area contributed by atoms with Crippen LogP contribution in [0.15, 0.2) is 51.7 Å². The van der Waals surface area contributed by atoms with Crippen LogP contribution in [0.4, 0.5) is 0 Å². The molecule has 3 aromatic rings. The van der Waals surface area contributed by atoms with Gasteiger partial charge in [0.25, 0.3) is 0 Å². The average Bonchev–Trinajstić information content (AvgIpc) is 2.69. The fourth-order valence-corrected chi connectivity index (χ4v) is 3.40. The molecular weight excluding hydrogens is 354 g/mol. The van der Waals surface area contributed by atoms with Crippen LogP contribution in [0, 0.1) is 13.8 Å². The van der Waals surface area contributed by atoms with E-state index in [0.29, 0.717) is 29.9 Å². The number of rotatable bonds is 7. The molecule has 1 amide bonds. The molecule has 5 heteroatoms. The minimum absolute atomic E-state index is 0.0688. The fourth-order valence-electron chi connectivity index (χ4n) is 3.40. The van der Waals surface area contributed by atoms with Crippen LogP contribution >= 0.6 is 0 Å². The van der Waals surface area contributed by atoms with Gasteiger partial charge in [-0.3, -0.25) is 4.79 Å². The number of hydrogen-bond acceptors (Lipinski definition) is 4. The molecule has 0 bridgehead atoms. The number of methoxy groups -OCH3 is 1. The highest BCUT2D eigenvalue weighted by molar-refractivity contribution is 5.85. The number of carbonyl (C=O) groups is 1. The number of benzene rings is 2. The van der Waals surface area contributed by atoms with Gasteiger partial charge in [-0.15, -0.1) is 0 Å². The topological polar surface area (TPSA) is 68.5 Å². The van der Waals surface area contributed by atoms with Crippen molar-refractivity contribution >= 4 is 16.9 Å². The number of ether oxygens (including phenoxy) is 1. The zero-order valence-electron chi connectivity index (χ0n) is 16.5. The van der Waals surface area contributed by atoms with Crippen LogP contribution < -0.4 is 15.7 Å². The summed E-state index contributed by atoms with van der Waals surface area (Å²) in [5.74, 6) is 0.612. The van der Waals surface area contributed by atoms with E-state index < -0.39 is 5.63 Å². The maximum atomic E-state index is 12.5. The van der Waals surface area contributed by atoms with E-state index in [1.807, 2.05) is 56.3 Å². The number of hydrogen-bond donors (Lipinski definition) is 1. The summed E-state index contributed by atoms with van der Waals surface area (Å²) in [6.45, 7) is 4.34. The lowest BCUT2D eigenvalue weighted by molar-refractivity contribution is -0.121. The van der Waals surface area contributed by atoms with Gasteiger partial charge in [0.1, 0.15) is 11.3 Å². The Balaban J connectivity index is 1.67. The van der Waals surface area contributed by atoms with Crippen LogP contribution in [0.25, 0.3) is 11.0 Å². The molecule has 0 atom stereocenters. The molecule has 0 aliphatic rings. The minimum Gasteiger partial charge on any atom is -0.496 e. The molecule has 1 aromatic heterocycles. The number of fused-ring (bicyclic) bond motifs is 1. The van der Waals surface area contributed by atoms with Crippen LogP contribution in [-0.4, -0.2) is 19.6 Å². The minimum atomic E-state index is -0.390. The zero-order chi connectivity index (χ0) is 20.1. The third-order valence-corrected chi connectivity index (χ3v) is 5.05. The summed E-state index contributed by atoms with van der Waals surface area (Å²) in [4.78, 5) is 24.6. The van der Waals surface area contributed by atoms with Crippen molar-refractivity contribution < 1.29 is 13.9 Å². The molecule has 0 fully saturated rings. The third-order valence-electron chi connectivity index (χ3n) is 5.05. The zero-order valence-corrected chi connectivity index (χ0v) is 16.5. The Morgan fingerprint density at radius 1 is 1.04 bits per heavy atom. The van der Waals surface area contributed by atoms with Crippen molar-refractivity contribution in [1.29, 1.82) is 0 Å². The van der Waals surface area contributed by atoms with E-state index in [9.17, 15) is 9.59 Å². The molecule has 0 saturated heterocycles. The molecule has 0 aliphatic heterocycles. The van der Waals surface area contributed by atoms with Crippen LogP contribution in [0.2, 0.25) is 0 Å². The number of carbonyl (C=O) groups excluding carboxylic acids is 1. The largest absolute Gasteiger partial charge is 0.496 e. The Hall–Kier alpha value is -3.08. The van der Waals surface area contributed by atoms with E-state index in [-0.39, 0.29) is 12.3 Å². The second-order valence-electron chi connectivity index (χ2n) is 6.85. The highest BCUT2D eigenvalue weighted by Gasteiger charge is 2.15. The Bertz CT molecular complexity index is 1040. The molecule has 0 saturated carbocycles. The molecular formula is C23H25NO4. The Labute approximate surface area is 164 Å². The summed E-state index contributed by atoms with van der Waals surface area (Å²) in [6.07, 6.45) is 1.39. The molecule has 1 heterocycles. The van der Waals surface area contributed by atoms with Gasteiger partial charge in [0, 0.05) is 29.5 Å². The van der Waals surface area contributed by atoms with Crippen LogP contribution in [0.1, 0.15) is 28.7 Å². The van der Waals surface area contributed by atoms with Crippen LogP contribution in [0.5, 0.6) is 5.75 Å². The molecule has 0 aliphatic carbocycles. The molecule has 0 spiro atoms. The van der Waals surface area contributed by atoms with Crippen LogP contribution in [-0.2, 0) is 17.6 Å². The summed E-state index contributed by atoms with van der Waals surface area (Å²) in [5, 5.41) is 3.79. The first-order valence-corrected chi connectivity index (χ1v) is 9.41. The molecule has 0 unspecified atom stereocenters. The normalized spacial score (nSPS) is 10.8. The first-order chi connectivity index (χ1) is 13.5. The van der Waals surface area contributed by atoms with Crippen molar-refractivity contribution in [1.82, 2.24) is 5.32 Å². The van der Waals surface area contributed by atoms with Gasteiger partial charge in [-0.25, -0.2) is 4.79 Å². The first kappa shape index (κ1) is 19.7. The van der Waals surface area contributed by atoms with Gasteiger partial charge in [0.05, 0.1) is 7.11 Å². The number of nitrogens with one attached hydrogen (secondary N) is 1. The molecule has 28 heavy (non-hydrogen) atoms. The SMILES string of the molecule is COc1ccc2c(C)c(CCC(=O)NCCc3ccccc3)c(=O)oc2c1C. The lowest BCUT2D eigenvalue weighted by Crippen LogP contribution is -2.26. The summed E-state index contributed by atoms with van der Waals surface area (Å²) in [7, 11) is 1.59. The van der Waals surface area contributed by atoms with Gasteiger partial charge in [-0.05, 0) is 49.9 Å². The van der Waals surface area contributed by atoms with E-state index in [4.69, 9.17) is 9.15 Å². The third kappa shape index (κ3) is 4.25. The van der Waals surface area contributed by atoms with E-state index in [1.54, 1.807) is 7.11 Å². The Morgan fingerprint density at radius 2 is 1.79 bits per heavy atom. The van der Waals surface area contributed by atoms with Crippen molar-refractivity contribution in [3.05, 3.63) is 75.1 Å². The molecule has 1 N–H and O–H groups in total. The Morgan fingerprint density at radius 3 is 2.50 bits per heavy atom. The van der Waals surface area contributed by atoms with Gasteiger partial charge >= 0.3 is 5.63 Å². The average molecular weight is 379 g/mol. The second-order valence-corrected chi connectivity index (χ2v) is 6.85. The monoisotopic (exact) mass is 379 g/mol. The van der Waals surface area contributed by atoms with Gasteiger partial charge in [-0.1, -0.05) is 30.3 Å². The van der Waals surface area contributed by atoms with Crippen molar-refractivity contribution in [3.63, 3.8) is 0 Å². The quantitative estimate of drug-likeness (QED) is 0.636. The maximum absolute atomic E-state index is 12.5. The summed E-state index contributed by atoms with van der Waals surface area (Å²) in [5.41, 5.74) is 3.53. The van der Waals surface area contributed by atoms with Crippen molar-refractivity contribution in [2.24, 2.45) is 0 Å². The number of amides is 1. The smallest absolute Gasteiger partial charge is 0.339 e. The van der Waals surface area contributed by atoms with Crippen LogP contribution in [0.3, 0.4) is 0 Å². The summed E-state index contributed by atoms with van der Waals surface area (Å²) < 4.78 is 10.8. The van der Waals surface area contributed by atoms with Gasteiger partial charge in [0.2, 0.25) is 5.91 Å². The fraction of sp³-hybridized carbons (Fsp3) is 0.304. The molecule has 3 rings (SSSR count). The maximum Gasteiger partial charge on any atom is 0.339 e. The molecule has 0 radical (unpaired) electrons. The van der Waals surface area contributed by atoms with E-state index in [1.165, 1.54) is 5.56 Å². The highest BCUT2D eigenvalue weighted by Crippen LogP contribution is 2.29. The highest BCUT2D eigenvalue weighted by atomic mass is 16.5. The van der Waals surface area contributed by atoms with Gasteiger partial charge < -0.3 is 14.5 Å². The number of aryl methyl sites for hydroxylation is 2. The van der Waals surface area contributed by atoms with Gasteiger partial charge in [0.15, 0.2) is 0 Å². The predicted octanol–water partition coefficient (Wildman–Crippen LogP) is 3.71. The second kappa shape index (κ2) is 8.74. The molecule has 5 nitrogen and oxygen atoms in total.